The topological polar surface area (TPSA) is 17.1 Å². The van der Waals surface area contributed by atoms with Gasteiger partial charge in [-0.3, -0.25) is 0 Å². The molecule has 0 amide bonds. The minimum atomic E-state index is 0.321. The quantitative estimate of drug-likeness (QED) is 0.560. The summed E-state index contributed by atoms with van der Waals surface area (Å²) >= 11 is 0. The summed E-state index contributed by atoms with van der Waals surface area (Å²) in [6.45, 7) is 8.23. The van der Waals surface area contributed by atoms with Gasteiger partial charge in [-0.25, -0.2) is 0 Å². The van der Waals surface area contributed by atoms with E-state index in [-0.39, 0.29) is 0 Å². The summed E-state index contributed by atoms with van der Waals surface area (Å²) in [6, 6.07) is 0. The standard InChI is InChI=1S/C13H24O/c1-11(2)7-5-8-12(3)9-6-10-13(4)14/h7,12H,5-6,8-10H2,1-4H3. The molecule has 1 nitrogen and oxygen atoms in total. The Morgan fingerprint density at radius 3 is 2.36 bits per heavy atom. The predicted molar refractivity (Wildman–Crippen MR) is 62.4 cm³/mol. The van der Waals surface area contributed by atoms with E-state index in [9.17, 15) is 4.79 Å². The van der Waals surface area contributed by atoms with Gasteiger partial charge >= 0.3 is 0 Å². The summed E-state index contributed by atoms with van der Waals surface area (Å²) in [4.78, 5) is 10.7. The maximum absolute atomic E-state index is 10.7. The Bertz CT molecular complexity index is 187. The number of Topliss-reactive ketones (excluding diaryl/α,β-unsaturated/α-hetero) is 1. The van der Waals surface area contributed by atoms with Gasteiger partial charge in [0, 0.05) is 6.42 Å². The third kappa shape index (κ3) is 9.50. The van der Waals surface area contributed by atoms with Crippen molar-refractivity contribution in [2.75, 3.05) is 0 Å². The zero-order chi connectivity index (χ0) is 11.0. The second-order valence-electron chi connectivity index (χ2n) is 4.56. The summed E-state index contributed by atoms with van der Waals surface area (Å²) in [5.74, 6) is 1.08. The molecule has 0 saturated heterocycles. The van der Waals surface area contributed by atoms with Crippen molar-refractivity contribution in [2.24, 2.45) is 5.92 Å². The molecule has 0 rings (SSSR count). The van der Waals surface area contributed by atoms with E-state index in [4.69, 9.17) is 0 Å². The highest BCUT2D eigenvalue weighted by Crippen LogP contribution is 2.14. The molecule has 0 fully saturated rings. The van der Waals surface area contributed by atoms with Gasteiger partial charge in [0.1, 0.15) is 5.78 Å². The van der Waals surface area contributed by atoms with E-state index in [1.807, 2.05) is 0 Å². The molecule has 0 aromatic heterocycles. The maximum Gasteiger partial charge on any atom is 0.129 e. The van der Waals surface area contributed by atoms with E-state index >= 15 is 0 Å². The van der Waals surface area contributed by atoms with Crippen molar-refractivity contribution < 1.29 is 4.79 Å². The van der Waals surface area contributed by atoms with Gasteiger partial charge in [0.2, 0.25) is 0 Å². The Hall–Kier alpha value is -0.590. The van der Waals surface area contributed by atoms with Crippen LogP contribution in [0.1, 0.15) is 59.8 Å². The van der Waals surface area contributed by atoms with Crippen molar-refractivity contribution in [1.82, 2.24) is 0 Å². The number of allylic oxidation sites excluding steroid dienone is 2. The Balaban J connectivity index is 3.41. The van der Waals surface area contributed by atoms with Gasteiger partial charge in [0.15, 0.2) is 0 Å². The van der Waals surface area contributed by atoms with Gasteiger partial charge in [-0.2, -0.15) is 0 Å². The average molecular weight is 196 g/mol. The van der Waals surface area contributed by atoms with E-state index in [1.54, 1.807) is 6.92 Å². The number of rotatable bonds is 7. The van der Waals surface area contributed by atoms with E-state index in [2.05, 4.69) is 26.8 Å². The molecule has 82 valence electrons. The lowest BCUT2D eigenvalue weighted by atomic mass is 9.98. The van der Waals surface area contributed by atoms with Crippen LogP contribution in [0.5, 0.6) is 0 Å². The maximum atomic E-state index is 10.7. The Labute approximate surface area is 88.6 Å². The largest absolute Gasteiger partial charge is 0.300 e. The highest BCUT2D eigenvalue weighted by atomic mass is 16.1. The van der Waals surface area contributed by atoms with Crippen molar-refractivity contribution >= 4 is 5.78 Å². The fourth-order valence-corrected chi connectivity index (χ4v) is 1.50. The molecule has 0 N–H and O–H groups in total. The van der Waals surface area contributed by atoms with E-state index < -0.39 is 0 Å². The van der Waals surface area contributed by atoms with Crippen LogP contribution in [0.4, 0.5) is 0 Å². The molecule has 0 aliphatic carbocycles. The zero-order valence-corrected chi connectivity index (χ0v) is 10.1. The van der Waals surface area contributed by atoms with E-state index in [0.29, 0.717) is 5.78 Å². The molecule has 0 aromatic carbocycles. The minimum absolute atomic E-state index is 0.321. The van der Waals surface area contributed by atoms with Crippen molar-refractivity contribution in [1.29, 1.82) is 0 Å². The number of carbonyl (C=O) groups excluding carboxylic acids is 1. The van der Waals surface area contributed by atoms with Gasteiger partial charge < -0.3 is 4.79 Å². The van der Waals surface area contributed by atoms with Gasteiger partial charge in [0.25, 0.3) is 0 Å². The average Bonchev–Trinajstić information content (AvgIpc) is 2.02. The summed E-state index contributed by atoms with van der Waals surface area (Å²) < 4.78 is 0. The molecule has 1 unspecified atom stereocenters. The summed E-state index contributed by atoms with van der Waals surface area (Å²) in [7, 11) is 0. The monoisotopic (exact) mass is 196 g/mol. The smallest absolute Gasteiger partial charge is 0.129 e. The molecule has 0 aliphatic heterocycles. The van der Waals surface area contributed by atoms with E-state index in [1.165, 1.54) is 24.8 Å². The van der Waals surface area contributed by atoms with Gasteiger partial charge in [-0.15, -0.1) is 0 Å². The SMILES string of the molecule is CC(=O)CCCC(C)CCC=C(C)C. The van der Waals surface area contributed by atoms with Gasteiger partial charge in [-0.05, 0) is 46.0 Å². The minimum Gasteiger partial charge on any atom is -0.300 e. The lowest BCUT2D eigenvalue weighted by molar-refractivity contribution is -0.117. The van der Waals surface area contributed by atoms with Crippen LogP contribution in [-0.2, 0) is 4.79 Å². The molecule has 0 radical (unpaired) electrons. The first kappa shape index (κ1) is 13.4. The molecule has 0 spiro atoms. The van der Waals surface area contributed by atoms with Crippen molar-refractivity contribution in [3.63, 3.8) is 0 Å². The van der Waals surface area contributed by atoms with Crippen LogP contribution in [-0.4, -0.2) is 5.78 Å². The van der Waals surface area contributed by atoms with Crippen LogP contribution in [0.2, 0.25) is 0 Å². The lowest BCUT2D eigenvalue weighted by Crippen LogP contribution is -1.97. The van der Waals surface area contributed by atoms with Crippen molar-refractivity contribution in [3.8, 4) is 0 Å². The molecule has 0 saturated carbocycles. The molecule has 0 bridgehead atoms. The Morgan fingerprint density at radius 2 is 1.86 bits per heavy atom. The first-order chi connectivity index (χ1) is 6.52. The van der Waals surface area contributed by atoms with Crippen molar-refractivity contribution in [2.45, 2.75) is 59.8 Å². The molecule has 1 atom stereocenters. The molecular weight excluding hydrogens is 172 g/mol. The lowest BCUT2D eigenvalue weighted by Gasteiger charge is -2.08. The van der Waals surface area contributed by atoms with Crippen molar-refractivity contribution in [3.05, 3.63) is 11.6 Å². The van der Waals surface area contributed by atoms with Crippen LogP contribution in [0.3, 0.4) is 0 Å². The number of ketones is 1. The number of carbonyl (C=O) groups is 1. The normalized spacial score (nSPS) is 12.3. The number of hydrogen-bond donors (Lipinski definition) is 0. The highest BCUT2D eigenvalue weighted by molar-refractivity contribution is 5.75. The second kappa shape index (κ2) is 7.78. The number of hydrogen-bond acceptors (Lipinski definition) is 1. The fourth-order valence-electron chi connectivity index (χ4n) is 1.50. The zero-order valence-electron chi connectivity index (χ0n) is 10.1. The van der Waals surface area contributed by atoms with E-state index in [0.717, 1.165) is 18.8 Å². The van der Waals surface area contributed by atoms with Crippen LogP contribution in [0.25, 0.3) is 0 Å². The molecular formula is C13H24O. The van der Waals surface area contributed by atoms with Crippen LogP contribution >= 0.6 is 0 Å². The van der Waals surface area contributed by atoms with Gasteiger partial charge in [-0.1, -0.05) is 25.0 Å². The molecule has 0 aliphatic rings. The first-order valence-corrected chi connectivity index (χ1v) is 5.65. The molecule has 1 heteroatoms. The third-order valence-electron chi connectivity index (χ3n) is 2.44. The predicted octanol–water partition coefficient (Wildman–Crippen LogP) is 4.13. The van der Waals surface area contributed by atoms with Crippen LogP contribution in [0, 0.1) is 5.92 Å². The van der Waals surface area contributed by atoms with Crippen LogP contribution in [0.15, 0.2) is 11.6 Å². The Morgan fingerprint density at radius 1 is 1.21 bits per heavy atom. The second-order valence-corrected chi connectivity index (χ2v) is 4.56. The first-order valence-electron chi connectivity index (χ1n) is 5.65. The van der Waals surface area contributed by atoms with Crippen LogP contribution < -0.4 is 0 Å². The summed E-state index contributed by atoms with van der Waals surface area (Å²) in [5, 5.41) is 0. The third-order valence-corrected chi connectivity index (χ3v) is 2.44. The summed E-state index contributed by atoms with van der Waals surface area (Å²) in [5.41, 5.74) is 1.40. The fraction of sp³-hybridized carbons (Fsp3) is 0.769. The highest BCUT2D eigenvalue weighted by Gasteiger charge is 2.01. The molecule has 0 aromatic rings. The molecule has 0 heterocycles. The molecule has 14 heavy (non-hydrogen) atoms. The van der Waals surface area contributed by atoms with Gasteiger partial charge in [0.05, 0.1) is 0 Å². The Kier molecular flexibility index (Phi) is 7.45. The summed E-state index contributed by atoms with van der Waals surface area (Å²) in [6.07, 6.45) is 7.74.